The molecule has 0 unspecified atom stereocenters. The zero-order valence-electron chi connectivity index (χ0n) is 19.7. The third-order valence-corrected chi connectivity index (χ3v) is 5.66. The highest BCUT2D eigenvalue weighted by molar-refractivity contribution is 5.76. The molecule has 1 saturated heterocycles. The molecule has 2 heterocycles. The van der Waals surface area contributed by atoms with E-state index in [1.807, 2.05) is 35.2 Å². The Labute approximate surface area is 195 Å². The number of aryl methyl sites for hydroxylation is 1. The Kier molecular flexibility index (Phi) is 8.79. The summed E-state index contributed by atoms with van der Waals surface area (Å²) < 4.78 is 7.05. The first kappa shape index (κ1) is 24.2. The number of nitriles is 1. The van der Waals surface area contributed by atoms with Crippen molar-refractivity contribution in [3.63, 3.8) is 0 Å². The average Bonchev–Trinajstić information content (AvgIpc) is 3.26. The number of piperazine rings is 1. The number of hydrogen-bond acceptors (Lipinski definition) is 6. The lowest BCUT2D eigenvalue weighted by atomic mass is 10.1. The number of nitrogens with zero attached hydrogens (tertiary/aromatic N) is 6. The molecule has 2 aromatic rings. The predicted molar refractivity (Wildman–Crippen MR) is 129 cm³/mol. The maximum atomic E-state index is 13.0. The maximum Gasteiger partial charge on any atom is 0.244 e. The van der Waals surface area contributed by atoms with Crippen LogP contribution in [0.5, 0.6) is 0 Å². The van der Waals surface area contributed by atoms with Crippen molar-refractivity contribution in [3.05, 3.63) is 53.4 Å². The normalized spacial score (nSPS) is 15.1. The Bertz CT molecular complexity index is 1040. The number of allylic oxidation sites excluding steroid dienone is 2. The van der Waals surface area contributed by atoms with Crippen LogP contribution in [0.1, 0.15) is 31.5 Å². The van der Waals surface area contributed by atoms with Gasteiger partial charge in [-0.2, -0.15) is 10.4 Å². The van der Waals surface area contributed by atoms with Crippen LogP contribution in [0.3, 0.4) is 0 Å². The van der Waals surface area contributed by atoms with E-state index >= 15 is 0 Å². The average molecular weight is 449 g/mol. The van der Waals surface area contributed by atoms with Crippen LogP contribution in [0.2, 0.25) is 0 Å². The molecule has 1 aliphatic heterocycles. The summed E-state index contributed by atoms with van der Waals surface area (Å²) in [6.45, 7) is 7.85. The van der Waals surface area contributed by atoms with Crippen LogP contribution in [0.15, 0.2) is 47.2 Å². The fourth-order valence-electron chi connectivity index (χ4n) is 3.77. The molecule has 3 rings (SSSR count). The van der Waals surface area contributed by atoms with Crippen molar-refractivity contribution in [2.45, 2.75) is 33.2 Å². The third kappa shape index (κ3) is 6.53. The second-order valence-electron chi connectivity index (χ2n) is 7.90. The van der Waals surface area contributed by atoms with E-state index in [1.54, 1.807) is 24.1 Å². The Hall–Kier alpha value is -3.44. The van der Waals surface area contributed by atoms with E-state index in [0.29, 0.717) is 25.3 Å². The molecule has 0 aliphatic carbocycles. The van der Waals surface area contributed by atoms with Gasteiger partial charge in [-0.1, -0.05) is 26.0 Å². The third-order valence-electron chi connectivity index (χ3n) is 5.66. The summed E-state index contributed by atoms with van der Waals surface area (Å²) in [5, 5.41) is 13.8. The quantitative estimate of drug-likeness (QED) is 0.435. The van der Waals surface area contributed by atoms with Gasteiger partial charge in [-0.15, -0.1) is 0 Å². The molecule has 0 atom stereocenters. The van der Waals surface area contributed by atoms with Crippen LogP contribution >= 0.6 is 0 Å². The molecule has 174 valence electrons. The molecule has 33 heavy (non-hydrogen) atoms. The molecule has 1 aromatic carbocycles. The van der Waals surface area contributed by atoms with Gasteiger partial charge in [-0.25, -0.2) is 0 Å². The number of methoxy groups -OCH3 is 1. The van der Waals surface area contributed by atoms with Gasteiger partial charge in [0.1, 0.15) is 12.3 Å². The highest BCUT2D eigenvalue weighted by Gasteiger charge is 2.22. The van der Waals surface area contributed by atoms with Crippen LogP contribution in [0.25, 0.3) is 11.3 Å². The minimum atomic E-state index is 0.0702. The first-order valence-corrected chi connectivity index (χ1v) is 11.4. The van der Waals surface area contributed by atoms with E-state index in [9.17, 15) is 4.79 Å². The molecule has 1 aromatic heterocycles. The van der Waals surface area contributed by atoms with E-state index in [2.05, 4.69) is 34.9 Å². The molecule has 0 bridgehead atoms. The molecule has 8 nitrogen and oxygen atoms in total. The number of hydrogen-bond donors (Lipinski definition) is 0. The number of amides is 1. The van der Waals surface area contributed by atoms with E-state index < -0.39 is 0 Å². The zero-order chi connectivity index (χ0) is 23.6. The predicted octanol–water partition coefficient (Wildman–Crippen LogP) is 3.10. The maximum absolute atomic E-state index is 13.0. The van der Waals surface area contributed by atoms with Crippen LogP contribution in [0, 0.1) is 11.3 Å². The molecule has 0 N–H and O–H groups in total. The second-order valence-corrected chi connectivity index (χ2v) is 7.90. The SMILES string of the molecule is CC/C=C(\C=NCN1CCN(C(=O)Cn2nc(-c3cccc(C#N)c3)cc2CC)CC1)OC. The zero-order valence-corrected chi connectivity index (χ0v) is 19.7. The van der Waals surface area contributed by atoms with Gasteiger partial charge in [0.25, 0.3) is 0 Å². The first-order valence-electron chi connectivity index (χ1n) is 11.4. The Morgan fingerprint density at radius 3 is 2.70 bits per heavy atom. The topological polar surface area (TPSA) is 86.8 Å². The Balaban J connectivity index is 1.57. The summed E-state index contributed by atoms with van der Waals surface area (Å²) in [7, 11) is 1.65. The van der Waals surface area contributed by atoms with Crippen molar-refractivity contribution in [2.75, 3.05) is 40.0 Å². The van der Waals surface area contributed by atoms with Crippen LogP contribution < -0.4 is 0 Å². The van der Waals surface area contributed by atoms with E-state index in [4.69, 9.17) is 10.00 Å². The van der Waals surface area contributed by atoms with Crippen LogP contribution in [-0.2, 0) is 22.5 Å². The first-order chi connectivity index (χ1) is 16.1. The number of carbonyl (C=O) groups is 1. The summed E-state index contributed by atoms with van der Waals surface area (Å²) >= 11 is 0. The van der Waals surface area contributed by atoms with Crippen molar-refractivity contribution in [1.82, 2.24) is 19.6 Å². The minimum Gasteiger partial charge on any atom is -0.496 e. The molecule has 0 saturated carbocycles. The smallest absolute Gasteiger partial charge is 0.244 e. The van der Waals surface area contributed by atoms with Gasteiger partial charge in [-0.3, -0.25) is 19.4 Å². The number of aromatic nitrogens is 2. The van der Waals surface area contributed by atoms with Crippen molar-refractivity contribution < 1.29 is 9.53 Å². The summed E-state index contributed by atoms with van der Waals surface area (Å²) in [5.74, 6) is 0.844. The van der Waals surface area contributed by atoms with Crippen molar-refractivity contribution in [2.24, 2.45) is 4.99 Å². The molecular weight excluding hydrogens is 416 g/mol. The van der Waals surface area contributed by atoms with Gasteiger partial charge in [0.05, 0.1) is 37.3 Å². The lowest BCUT2D eigenvalue weighted by Gasteiger charge is -2.33. The molecule has 1 aliphatic rings. The number of carbonyl (C=O) groups excluding carboxylic acids is 1. The summed E-state index contributed by atoms with van der Waals surface area (Å²) in [5.41, 5.74) is 3.27. The van der Waals surface area contributed by atoms with Crippen molar-refractivity contribution in [1.29, 1.82) is 5.26 Å². The van der Waals surface area contributed by atoms with Gasteiger partial charge in [0, 0.05) is 37.4 Å². The summed E-state index contributed by atoms with van der Waals surface area (Å²) in [6.07, 6.45) is 5.43. The van der Waals surface area contributed by atoms with E-state index in [1.165, 1.54) is 0 Å². The molecule has 8 heteroatoms. The lowest BCUT2D eigenvalue weighted by molar-refractivity contribution is -0.133. The van der Waals surface area contributed by atoms with Gasteiger partial charge < -0.3 is 9.64 Å². The molecule has 0 radical (unpaired) electrons. The fourth-order valence-corrected chi connectivity index (χ4v) is 3.77. The Morgan fingerprint density at radius 2 is 2.03 bits per heavy atom. The standard InChI is InChI=1S/C25H32N6O2/c1-4-7-23(33-3)17-27-19-29-10-12-30(13-11-29)25(32)18-31-22(5-2)15-24(28-31)21-9-6-8-20(14-21)16-26/h6-9,14-15,17H,4-5,10-13,18-19H2,1-3H3/b23-7+,27-17?. The molecule has 0 spiro atoms. The van der Waals surface area contributed by atoms with Crippen LogP contribution in [-0.4, -0.2) is 71.7 Å². The van der Waals surface area contributed by atoms with Gasteiger partial charge in [0.2, 0.25) is 5.91 Å². The minimum absolute atomic E-state index is 0.0702. The van der Waals surface area contributed by atoms with E-state index in [-0.39, 0.29) is 12.5 Å². The highest BCUT2D eigenvalue weighted by atomic mass is 16.5. The van der Waals surface area contributed by atoms with Crippen molar-refractivity contribution >= 4 is 12.1 Å². The van der Waals surface area contributed by atoms with E-state index in [0.717, 1.165) is 48.6 Å². The Morgan fingerprint density at radius 1 is 1.24 bits per heavy atom. The van der Waals surface area contributed by atoms with Gasteiger partial charge in [0.15, 0.2) is 0 Å². The highest BCUT2D eigenvalue weighted by Crippen LogP contribution is 2.21. The summed E-state index contributed by atoms with van der Waals surface area (Å²) in [4.78, 5) is 21.5. The monoisotopic (exact) mass is 448 g/mol. The number of benzene rings is 1. The number of rotatable bonds is 9. The van der Waals surface area contributed by atoms with Gasteiger partial charge in [-0.05, 0) is 37.1 Å². The molecule has 1 amide bonds. The fraction of sp³-hybridized carbons (Fsp3) is 0.440. The van der Waals surface area contributed by atoms with Gasteiger partial charge >= 0.3 is 0 Å². The molecule has 1 fully saturated rings. The second kappa shape index (κ2) is 12.0. The number of ether oxygens (including phenoxy) is 1. The number of aliphatic imine (C=N–C) groups is 1. The molecular formula is C25H32N6O2. The van der Waals surface area contributed by atoms with Crippen LogP contribution in [0.4, 0.5) is 0 Å². The lowest BCUT2D eigenvalue weighted by Crippen LogP contribution is -2.49. The summed E-state index contributed by atoms with van der Waals surface area (Å²) in [6, 6.07) is 11.5. The van der Waals surface area contributed by atoms with Crippen molar-refractivity contribution in [3.8, 4) is 17.3 Å². The largest absolute Gasteiger partial charge is 0.496 e.